The maximum atomic E-state index is 13.6. The maximum Gasteiger partial charge on any atom is 0.322 e. The fourth-order valence-electron chi connectivity index (χ4n) is 4.71. The molecule has 4 aromatic rings. The van der Waals surface area contributed by atoms with Gasteiger partial charge in [-0.2, -0.15) is 5.10 Å². The normalized spacial score (nSPS) is 10.9. The van der Waals surface area contributed by atoms with E-state index in [2.05, 4.69) is 10.6 Å². The van der Waals surface area contributed by atoms with Crippen molar-refractivity contribution in [3.8, 4) is 22.6 Å². The zero-order chi connectivity index (χ0) is 28.8. The molecule has 0 aliphatic heterocycles. The Hall–Kier alpha value is -4.59. The fraction of sp³-hybridized carbons (Fsp3) is 0.281. The molecule has 0 radical (unpaired) electrons. The zero-order valence-corrected chi connectivity index (χ0v) is 24.0. The number of benzene rings is 3. The molecule has 0 saturated heterocycles. The van der Waals surface area contributed by atoms with E-state index in [4.69, 9.17) is 9.84 Å². The minimum atomic E-state index is -0.316. The molecule has 3 aromatic carbocycles. The molecule has 8 heteroatoms. The Morgan fingerprint density at radius 3 is 2.15 bits per heavy atom. The summed E-state index contributed by atoms with van der Waals surface area (Å²) in [5, 5.41) is 10.9. The number of urea groups is 1. The SMILES string of the molecule is COc1ccc(-n2nc(C)c(-c3ccccc3)c2NC(=O)CN(CC(C)C)C(=O)Nc2c(C)cccc2C)cc1. The van der Waals surface area contributed by atoms with Crippen LogP contribution in [0.1, 0.15) is 30.7 Å². The first-order valence-electron chi connectivity index (χ1n) is 13.4. The fourth-order valence-corrected chi connectivity index (χ4v) is 4.71. The van der Waals surface area contributed by atoms with E-state index in [1.54, 1.807) is 16.7 Å². The molecule has 0 aliphatic rings. The second-order valence-corrected chi connectivity index (χ2v) is 10.3. The largest absolute Gasteiger partial charge is 0.497 e. The van der Waals surface area contributed by atoms with Crippen LogP contribution in [0.15, 0.2) is 72.8 Å². The van der Waals surface area contributed by atoms with Crippen LogP contribution in [0.5, 0.6) is 5.75 Å². The number of ether oxygens (including phenoxy) is 1. The number of nitrogens with one attached hydrogen (secondary N) is 2. The van der Waals surface area contributed by atoms with Crippen LogP contribution in [0.25, 0.3) is 16.8 Å². The molecular formula is C32H37N5O3. The van der Waals surface area contributed by atoms with Crippen molar-refractivity contribution in [1.82, 2.24) is 14.7 Å². The van der Waals surface area contributed by atoms with E-state index in [1.165, 1.54) is 0 Å². The van der Waals surface area contributed by atoms with Gasteiger partial charge < -0.3 is 20.3 Å². The zero-order valence-electron chi connectivity index (χ0n) is 24.0. The summed E-state index contributed by atoms with van der Waals surface area (Å²) in [4.78, 5) is 28.5. The van der Waals surface area contributed by atoms with Crippen LogP contribution in [-0.4, -0.2) is 46.8 Å². The lowest BCUT2D eigenvalue weighted by atomic mass is 10.1. The number of rotatable bonds is 9. The highest BCUT2D eigenvalue weighted by Gasteiger charge is 2.24. The first kappa shape index (κ1) is 28.4. The Labute approximate surface area is 236 Å². The van der Waals surface area contributed by atoms with Crippen LogP contribution in [0.3, 0.4) is 0 Å². The van der Waals surface area contributed by atoms with Gasteiger partial charge in [-0.3, -0.25) is 4.79 Å². The summed E-state index contributed by atoms with van der Waals surface area (Å²) in [6, 6.07) is 22.8. The van der Waals surface area contributed by atoms with Gasteiger partial charge >= 0.3 is 6.03 Å². The van der Waals surface area contributed by atoms with E-state index >= 15 is 0 Å². The third kappa shape index (κ3) is 6.51. The summed E-state index contributed by atoms with van der Waals surface area (Å²) in [5.74, 6) is 1.12. The van der Waals surface area contributed by atoms with E-state index in [0.717, 1.165) is 45.1 Å². The first-order valence-corrected chi connectivity index (χ1v) is 13.4. The summed E-state index contributed by atoms with van der Waals surface area (Å²) in [5.41, 5.74) is 5.99. The number of para-hydroxylation sites is 1. The second-order valence-electron chi connectivity index (χ2n) is 10.3. The Balaban J connectivity index is 1.65. The molecule has 0 unspecified atom stereocenters. The number of methoxy groups -OCH3 is 1. The number of carbonyl (C=O) groups is 2. The van der Waals surface area contributed by atoms with Gasteiger partial charge in [0.05, 0.1) is 18.5 Å². The maximum absolute atomic E-state index is 13.6. The molecule has 3 amide bonds. The molecule has 208 valence electrons. The molecule has 0 fully saturated rings. The Morgan fingerprint density at radius 1 is 0.900 bits per heavy atom. The van der Waals surface area contributed by atoms with Crippen LogP contribution in [0.4, 0.5) is 16.3 Å². The third-order valence-electron chi connectivity index (χ3n) is 6.62. The summed E-state index contributed by atoms with van der Waals surface area (Å²) >= 11 is 0. The minimum absolute atomic E-state index is 0.115. The number of hydrogen-bond donors (Lipinski definition) is 2. The molecule has 0 atom stereocenters. The predicted octanol–water partition coefficient (Wildman–Crippen LogP) is 6.60. The molecule has 8 nitrogen and oxygen atoms in total. The Morgan fingerprint density at radius 2 is 1.55 bits per heavy atom. The van der Waals surface area contributed by atoms with Crippen molar-refractivity contribution < 1.29 is 14.3 Å². The van der Waals surface area contributed by atoms with Gasteiger partial charge in [-0.25, -0.2) is 9.48 Å². The topological polar surface area (TPSA) is 88.5 Å². The van der Waals surface area contributed by atoms with Gasteiger partial charge in [0.2, 0.25) is 5.91 Å². The number of carbonyl (C=O) groups excluding carboxylic acids is 2. The smallest absolute Gasteiger partial charge is 0.322 e. The van der Waals surface area contributed by atoms with Crippen molar-refractivity contribution >= 4 is 23.4 Å². The van der Waals surface area contributed by atoms with Gasteiger partial charge in [0.1, 0.15) is 18.1 Å². The number of aryl methyl sites for hydroxylation is 3. The number of nitrogens with zero attached hydrogens (tertiary/aromatic N) is 3. The lowest BCUT2D eigenvalue weighted by Crippen LogP contribution is -2.43. The van der Waals surface area contributed by atoms with Crippen molar-refractivity contribution in [1.29, 1.82) is 0 Å². The number of amides is 3. The van der Waals surface area contributed by atoms with E-state index in [-0.39, 0.29) is 24.4 Å². The highest BCUT2D eigenvalue weighted by Crippen LogP contribution is 2.34. The lowest BCUT2D eigenvalue weighted by molar-refractivity contribution is -0.116. The molecule has 40 heavy (non-hydrogen) atoms. The number of aromatic nitrogens is 2. The number of anilines is 2. The highest BCUT2D eigenvalue weighted by atomic mass is 16.5. The second kappa shape index (κ2) is 12.5. The summed E-state index contributed by atoms with van der Waals surface area (Å²) in [6.07, 6.45) is 0. The number of hydrogen-bond acceptors (Lipinski definition) is 4. The first-order chi connectivity index (χ1) is 19.2. The monoisotopic (exact) mass is 539 g/mol. The Kier molecular flexibility index (Phi) is 8.89. The van der Waals surface area contributed by atoms with Crippen molar-refractivity contribution in [3.05, 3.63) is 89.6 Å². The Bertz CT molecular complexity index is 1460. The van der Waals surface area contributed by atoms with Gasteiger partial charge in [-0.05, 0) is 67.6 Å². The highest BCUT2D eigenvalue weighted by molar-refractivity contribution is 5.99. The van der Waals surface area contributed by atoms with E-state index in [9.17, 15) is 9.59 Å². The summed E-state index contributed by atoms with van der Waals surface area (Å²) < 4.78 is 7.03. The van der Waals surface area contributed by atoms with E-state index < -0.39 is 0 Å². The van der Waals surface area contributed by atoms with Crippen LogP contribution in [-0.2, 0) is 4.79 Å². The molecule has 1 aromatic heterocycles. The van der Waals surface area contributed by atoms with E-state index in [1.807, 2.05) is 107 Å². The summed E-state index contributed by atoms with van der Waals surface area (Å²) in [6.45, 7) is 10.2. The van der Waals surface area contributed by atoms with Gasteiger partial charge in [0.15, 0.2) is 0 Å². The molecule has 2 N–H and O–H groups in total. The minimum Gasteiger partial charge on any atom is -0.497 e. The van der Waals surface area contributed by atoms with Gasteiger partial charge in [0, 0.05) is 17.8 Å². The standard InChI is InChI=1S/C32H37N5O3/c1-21(2)19-36(32(39)34-30-22(3)11-10-12-23(30)4)20-28(38)33-31-29(25-13-8-7-9-14-25)24(5)35-37(31)26-15-17-27(40-6)18-16-26/h7-18,21H,19-20H2,1-6H3,(H,33,38)(H,34,39). The lowest BCUT2D eigenvalue weighted by Gasteiger charge is -2.25. The van der Waals surface area contributed by atoms with Crippen molar-refractivity contribution in [2.45, 2.75) is 34.6 Å². The van der Waals surface area contributed by atoms with Gasteiger partial charge in [-0.15, -0.1) is 0 Å². The van der Waals surface area contributed by atoms with Crippen molar-refractivity contribution in [2.24, 2.45) is 5.92 Å². The quantitative estimate of drug-likeness (QED) is 0.251. The molecule has 0 spiro atoms. The molecule has 4 rings (SSSR count). The van der Waals surface area contributed by atoms with Crippen LogP contribution in [0, 0.1) is 26.7 Å². The van der Waals surface area contributed by atoms with Crippen LogP contribution < -0.4 is 15.4 Å². The molecule has 0 saturated carbocycles. The molecule has 0 bridgehead atoms. The van der Waals surface area contributed by atoms with Crippen LogP contribution in [0.2, 0.25) is 0 Å². The molecule has 1 heterocycles. The summed E-state index contributed by atoms with van der Waals surface area (Å²) in [7, 11) is 1.62. The predicted molar refractivity (Wildman–Crippen MR) is 160 cm³/mol. The van der Waals surface area contributed by atoms with Gasteiger partial charge in [-0.1, -0.05) is 62.4 Å². The average Bonchev–Trinajstić information content (AvgIpc) is 3.25. The third-order valence-corrected chi connectivity index (χ3v) is 6.62. The van der Waals surface area contributed by atoms with E-state index in [0.29, 0.717) is 12.4 Å². The van der Waals surface area contributed by atoms with Crippen molar-refractivity contribution in [3.63, 3.8) is 0 Å². The molecule has 0 aliphatic carbocycles. The van der Waals surface area contributed by atoms with Gasteiger partial charge in [0.25, 0.3) is 0 Å². The molecular weight excluding hydrogens is 502 g/mol. The van der Waals surface area contributed by atoms with Crippen LogP contribution >= 0.6 is 0 Å². The average molecular weight is 540 g/mol. The van der Waals surface area contributed by atoms with Crippen molar-refractivity contribution in [2.75, 3.05) is 30.8 Å².